The number of nitrogens with zero attached hydrogens (tertiary/aromatic N) is 3. The Labute approximate surface area is 106 Å². The average molecular weight is 238 g/mol. The van der Waals surface area contributed by atoms with E-state index in [1.54, 1.807) is 12.4 Å². The Bertz CT molecular complexity index is 540. The van der Waals surface area contributed by atoms with Crippen LogP contribution in [0.1, 0.15) is 36.8 Å². The predicted molar refractivity (Wildman–Crippen MR) is 65.4 cm³/mol. The van der Waals surface area contributed by atoms with Crippen LogP contribution in [0, 0.1) is 22.7 Å². The van der Waals surface area contributed by atoms with Crippen molar-refractivity contribution in [3.8, 4) is 12.1 Å². The van der Waals surface area contributed by atoms with Gasteiger partial charge >= 0.3 is 0 Å². The predicted octanol–water partition coefficient (Wildman–Crippen LogP) is 1.63. The number of pyridine rings is 1. The molecular weight excluding hydrogens is 224 g/mol. The van der Waals surface area contributed by atoms with E-state index in [0.29, 0.717) is 17.6 Å². The summed E-state index contributed by atoms with van der Waals surface area (Å²) in [4.78, 5) is 4.10. The maximum Gasteiger partial charge on any atom is 0.101 e. The Morgan fingerprint density at radius 1 is 1.22 bits per heavy atom. The molecule has 4 heteroatoms. The van der Waals surface area contributed by atoms with Crippen LogP contribution in [-0.2, 0) is 5.41 Å². The van der Waals surface area contributed by atoms with Crippen LogP contribution in [0.5, 0.6) is 0 Å². The summed E-state index contributed by atoms with van der Waals surface area (Å²) in [5.41, 5.74) is 0.979. The normalized spacial score (nSPS) is 33.7. The molecule has 0 amide bonds. The lowest BCUT2D eigenvalue weighted by Crippen LogP contribution is -2.46. The van der Waals surface area contributed by atoms with Crippen molar-refractivity contribution in [3.05, 3.63) is 29.6 Å². The van der Waals surface area contributed by atoms with Gasteiger partial charge in [-0.2, -0.15) is 10.5 Å². The summed E-state index contributed by atoms with van der Waals surface area (Å²) in [6.07, 6.45) is 7.26. The third kappa shape index (κ3) is 1.66. The van der Waals surface area contributed by atoms with Gasteiger partial charge in [-0.1, -0.05) is 0 Å². The molecule has 2 bridgehead atoms. The molecule has 0 aliphatic carbocycles. The molecule has 0 radical (unpaired) electrons. The molecule has 0 saturated carbocycles. The van der Waals surface area contributed by atoms with Gasteiger partial charge in [0.15, 0.2) is 0 Å². The molecule has 1 aromatic rings. The first-order chi connectivity index (χ1) is 8.75. The molecular formula is C14H14N4. The average Bonchev–Trinajstić information content (AvgIpc) is 2.78. The third-order valence-corrected chi connectivity index (χ3v) is 4.16. The largest absolute Gasteiger partial charge is 0.311 e. The second kappa shape index (κ2) is 4.08. The molecule has 0 aromatic carbocycles. The van der Waals surface area contributed by atoms with E-state index < -0.39 is 5.41 Å². The highest BCUT2D eigenvalue weighted by Gasteiger charge is 2.45. The van der Waals surface area contributed by atoms with Gasteiger partial charge in [0, 0.05) is 24.5 Å². The van der Waals surface area contributed by atoms with Crippen LogP contribution in [0.25, 0.3) is 0 Å². The maximum atomic E-state index is 9.63. The van der Waals surface area contributed by atoms with E-state index in [2.05, 4.69) is 22.4 Å². The van der Waals surface area contributed by atoms with Crippen molar-refractivity contribution in [2.24, 2.45) is 0 Å². The first-order valence-electron chi connectivity index (χ1n) is 6.29. The van der Waals surface area contributed by atoms with Crippen LogP contribution in [-0.4, -0.2) is 17.1 Å². The standard InChI is InChI=1S/C14H14N4/c15-6-10-3-11(8-17-7-10)14(9-16)4-12-1-2-13(5-14)18-12/h3,7-8,12-13,18H,1-2,4-5H2/t12-,13+,14?. The second-order valence-electron chi connectivity index (χ2n) is 5.31. The molecule has 1 aromatic heterocycles. The van der Waals surface area contributed by atoms with Crippen LogP contribution in [0.2, 0.25) is 0 Å². The Hall–Kier alpha value is -1.91. The zero-order chi connectivity index (χ0) is 12.6. The van der Waals surface area contributed by atoms with Gasteiger partial charge in [0.05, 0.1) is 17.0 Å². The fourth-order valence-electron chi connectivity index (χ4n) is 3.30. The van der Waals surface area contributed by atoms with Crippen LogP contribution < -0.4 is 5.32 Å². The van der Waals surface area contributed by atoms with Crippen molar-refractivity contribution >= 4 is 0 Å². The molecule has 1 unspecified atom stereocenters. The van der Waals surface area contributed by atoms with E-state index in [1.165, 1.54) is 0 Å². The van der Waals surface area contributed by atoms with Gasteiger partial charge < -0.3 is 5.32 Å². The molecule has 4 nitrogen and oxygen atoms in total. The van der Waals surface area contributed by atoms with Crippen LogP contribution >= 0.6 is 0 Å². The van der Waals surface area contributed by atoms with Crippen molar-refractivity contribution in [2.75, 3.05) is 0 Å². The number of rotatable bonds is 1. The minimum absolute atomic E-state index is 0.439. The van der Waals surface area contributed by atoms with Crippen molar-refractivity contribution in [1.29, 1.82) is 10.5 Å². The summed E-state index contributed by atoms with van der Waals surface area (Å²) < 4.78 is 0. The molecule has 3 heterocycles. The number of fused-ring (bicyclic) bond motifs is 2. The van der Waals surface area contributed by atoms with Crippen molar-refractivity contribution in [3.63, 3.8) is 0 Å². The summed E-state index contributed by atoms with van der Waals surface area (Å²) in [7, 11) is 0. The monoisotopic (exact) mass is 238 g/mol. The Morgan fingerprint density at radius 2 is 1.94 bits per heavy atom. The lowest BCUT2D eigenvalue weighted by Gasteiger charge is -2.36. The highest BCUT2D eigenvalue weighted by Crippen LogP contribution is 2.42. The topological polar surface area (TPSA) is 72.5 Å². The molecule has 1 N–H and O–H groups in total. The summed E-state index contributed by atoms with van der Waals surface area (Å²) >= 11 is 0. The SMILES string of the molecule is N#Cc1cncc(C2(C#N)C[C@H]3CC[C@@H](C2)N3)c1. The fourth-order valence-corrected chi connectivity index (χ4v) is 3.30. The van der Waals surface area contributed by atoms with E-state index in [4.69, 9.17) is 5.26 Å². The Balaban J connectivity index is 2.02. The molecule has 2 aliphatic heterocycles. The summed E-state index contributed by atoms with van der Waals surface area (Å²) in [6.45, 7) is 0. The molecule has 18 heavy (non-hydrogen) atoms. The van der Waals surface area contributed by atoms with E-state index >= 15 is 0 Å². The lowest BCUT2D eigenvalue weighted by molar-refractivity contribution is 0.304. The number of hydrogen-bond donors (Lipinski definition) is 1. The van der Waals surface area contributed by atoms with E-state index in [1.807, 2.05) is 6.07 Å². The number of nitrogens with one attached hydrogen (secondary N) is 1. The first-order valence-corrected chi connectivity index (χ1v) is 6.29. The van der Waals surface area contributed by atoms with Gasteiger partial charge in [-0.05, 0) is 37.3 Å². The Morgan fingerprint density at radius 3 is 2.56 bits per heavy atom. The summed E-state index contributed by atoms with van der Waals surface area (Å²) in [5, 5.41) is 22.1. The Kier molecular flexibility index (Phi) is 2.54. The van der Waals surface area contributed by atoms with Gasteiger partial charge in [0.1, 0.15) is 6.07 Å². The van der Waals surface area contributed by atoms with Crippen LogP contribution in [0.4, 0.5) is 0 Å². The van der Waals surface area contributed by atoms with Crippen molar-refractivity contribution < 1.29 is 0 Å². The molecule has 2 saturated heterocycles. The van der Waals surface area contributed by atoms with Crippen molar-refractivity contribution in [1.82, 2.24) is 10.3 Å². The van der Waals surface area contributed by atoms with E-state index in [0.717, 1.165) is 31.2 Å². The highest BCUT2D eigenvalue weighted by molar-refractivity contribution is 5.38. The van der Waals surface area contributed by atoms with Crippen molar-refractivity contribution in [2.45, 2.75) is 43.2 Å². The van der Waals surface area contributed by atoms with Gasteiger partial charge in [-0.15, -0.1) is 0 Å². The van der Waals surface area contributed by atoms with Crippen LogP contribution in [0.15, 0.2) is 18.5 Å². The first kappa shape index (κ1) is 11.2. The van der Waals surface area contributed by atoms with E-state index in [-0.39, 0.29) is 0 Å². The zero-order valence-corrected chi connectivity index (χ0v) is 10.1. The van der Waals surface area contributed by atoms with E-state index in [9.17, 15) is 5.26 Å². The molecule has 2 fully saturated rings. The zero-order valence-electron chi connectivity index (χ0n) is 10.1. The molecule has 0 spiro atoms. The lowest BCUT2D eigenvalue weighted by atomic mass is 9.72. The third-order valence-electron chi connectivity index (χ3n) is 4.16. The number of piperidine rings is 1. The summed E-state index contributed by atoms with van der Waals surface area (Å²) in [5.74, 6) is 0. The smallest absolute Gasteiger partial charge is 0.101 e. The quantitative estimate of drug-likeness (QED) is 0.807. The van der Waals surface area contributed by atoms with Gasteiger partial charge in [0.25, 0.3) is 0 Å². The highest BCUT2D eigenvalue weighted by atomic mass is 15.0. The van der Waals surface area contributed by atoms with Gasteiger partial charge in [-0.3, -0.25) is 4.98 Å². The van der Waals surface area contributed by atoms with Gasteiger partial charge in [-0.25, -0.2) is 0 Å². The van der Waals surface area contributed by atoms with Crippen LogP contribution in [0.3, 0.4) is 0 Å². The molecule has 3 rings (SSSR count). The molecule has 90 valence electrons. The van der Waals surface area contributed by atoms with Gasteiger partial charge in [0.2, 0.25) is 0 Å². The molecule has 2 aliphatic rings. The minimum Gasteiger partial charge on any atom is -0.311 e. The second-order valence-corrected chi connectivity index (χ2v) is 5.31. The minimum atomic E-state index is -0.461. The fraction of sp³-hybridized carbons (Fsp3) is 0.500. The summed E-state index contributed by atoms with van der Waals surface area (Å²) in [6, 6.07) is 7.29. The molecule has 3 atom stereocenters. The maximum absolute atomic E-state index is 9.63. The number of nitriles is 2. The number of hydrogen-bond acceptors (Lipinski definition) is 4. The number of aromatic nitrogens is 1.